The number of carboxylic acid groups (broad SMARTS) is 1. The average molecular weight is 495 g/mol. The number of piperidine rings is 1. The highest BCUT2D eigenvalue weighted by molar-refractivity contribution is 9.10. The summed E-state index contributed by atoms with van der Waals surface area (Å²) < 4.78 is 36.1. The smallest absolute Gasteiger partial charge is 0.475 e. The van der Waals surface area contributed by atoms with Crippen LogP contribution in [0.3, 0.4) is 0 Å². The molecule has 0 aliphatic carbocycles. The Labute approximate surface area is 178 Å². The number of hydrogen-bond acceptors (Lipinski definition) is 5. The molecule has 9 nitrogen and oxygen atoms in total. The molecule has 1 aliphatic heterocycles. The third-order valence-electron chi connectivity index (χ3n) is 4.45. The lowest BCUT2D eigenvalue weighted by molar-refractivity contribution is -0.192. The summed E-state index contributed by atoms with van der Waals surface area (Å²) in [4.78, 5) is 21.3. The molecule has 0 spiro atoms. The first-order valence-corrected chi connectivity index (χ1v) is 9.90. The number of aromatic nitrogens is 4. The van der Waals surface area contributed by atoms with Crippen molar-refractivity contribution in [3.63, 3.8) is 0 Å². The number of nitrogens with one attached hydrogen (secondary N) is 2. The van der Waals surface area contributed by atoms with Gasteiger partial charge in [-0.2, -0.15) is 23.4 Å². The molecule has 2 aromatic heterocycles. The first-order chi connectivity index (χ1) is 14.1. The van der Waals surface area contributed by atoms with Crippen LogP contribution in [-0.4, -0.2) is 55.8 Å². The lowest BCUT2D eigenvalue weighted by Crippen LogP contribution is -2.31. The summed E-state index contributed by atoms with van der Waals surface area (Å²) in [6.07, 6.45) is 2.39. The Balaban J connectivity index is 0.000000396. The fourth-order valence-corrected chi connectivity index (χ4v) is 3.07. The number of nitrogens with zero attached hydrogens (tertiary/aromatic N) is 4. The summed E-state index contributed by atoms with van der Waals surface area (Å²) >= 11 is 3.34. The Morgan fingerprint density at radius 2 is 2.00 bits per heavy atom. The van der Waals surface area contributed by atoms with E-state index in [0.717, 1.165) is 42.8 Å². The van der Waals surface area contributed by atoms with Crippen molar-refractivity contribution in [2.24, 2.45) is 5.92 Å². The van der Waals surface area contributed by atoms with Crippen LogP contribution in [0, 0.1) is 5.92 Å². The molecule has 30 heavy (non-hydrogen) atoms. The Kier molecular flexibility index (Phi) is 8.41. The second-order valence-corrected chi connectivity index (χ2v) is 7.61. The Morgan fingerprint density at radius 1 is 1.37 bits per heavy atom. The van der Waals surface area contributed by atoms with Crippen molar-refractivity contribution in [2.75, 3.05) is 18.4 Å². The minimum absolute atomic E-state index is 0.104. The molecular formula is C17H22BrF3N6O3. The molecule has 0 radical (unpaired) electrons. The number of anilines is 1. The van der Waals surface area contributed by atoms with Crippen molar-refractivity contribution in [3.8, 4) is 0 Å². The van der Waals surface area contributed by atoms with Crippen molar-refractivity contribution in [2.45, 2.75) is 38.5 Å². The number of halogens is 4. The molecule has 1 amide bonds. The van der Waals surface area contributed by atoms with E-state index < -0.39 is 12.1 Å². The minimum atomic E-state index is -5.08. The van der Waals surface area contributed by atoms with E-state index in [0.29, 0.717) is 5.92 Å². The predicted molar refractivity (Wildman–Crippen MR) is 105 cm³/mol. The zero-order valence-electron chi connectivity index (χ0n) is 16.1. The third-order valence-corrected chi connectivity index (χ3v) is 4.86. The van der Waals surface area contributed by atoms with Crippen LogP contribution >= 0.6 is 15.9 Å². The maximum absolute atomic E-state index is 12.4. The number of rotatable bonds is 5. The monoisotopic (exact) mass is 494 g/mol. The van der Waals surface area contributed by atoms with Crippen LogP contribution in [0.1, 0.15) is 25.8 Å². The van der Waals surface area contributed by atoms with E-state index in [2.05, 4.69) is 36.8 Å². The largest absolute Gasteiger partial charge is 0.490 e. The molecule has 2 aromatic rings. The Hall–Kier alpha value is -2.41. The lowest BCUT2D eigenvalue weighted by atomic mass is 9.98. The number of carbonyl (C=O) groups is 2. The predicted octanol–water partition coefficient (Wildman–Crippen LogP) is 2.67. The molecule has 1 fully saturated rings. The van der Waals surface area contributed by atoms with E-state index in [4.69, 9.17) is 9.90 Å². The summed E-state index contributed by atoms with van der Waals surface area (Å²) in [6.45, 7) is 4.77. The van der Waals surface area contributed by atoms with Gasteiger partial charge >= 0.3 is 12.1 Å². The van der Waals surface area contributed by atoms with E-state index in [-0.39, 0.29) is 11.9 Å². The van der Waals surface area contributed by atoms with Crippen LogP contribution in [0.4, 0.5) is 19.0 Å². The molecule has 0 aromatic carbocycles. The van der Waals surface area contributed by atoms with Gasteiger partial charge in [0, 0.05) is 18.8 Å². The molecule has 13 heteroatoms. The molecule has 0 bridgehead atoms. The molecule has 3 N–H and O–H groups in total. The highest BCUT2D eigenvalue weighted by Crippen LogP contribution is 2.18. The van der Waals surface area contributed by atoms with Gasteiger partial charge in [-0.3, -0.25) is 9.48 Å². The van der Waals surface area contributed by atoms with Crippen molar-refractivity contribution < 1.29 is 27.9 Å². The number of amides is 1. The maximum atomic E-state index is 12.4. The Bertz CT molecular complexity index is 848. The number of carbonyl (C=O) groups excluding carboxylic acids is 1. The van der Waals surface area contributed by atoms with Gasteiger partial charge in [-0.05, 0) is 54.7 Å². The summed E-state index contributed by atoms with van der Waals surface area (Å²) in [5, 5.41) is 22.0. The molecule has 0 saturated carbocycles. The highest BCUT2D eigenvalue weighted by atomic mass is 79.9. The summed E-state index contributed by atoms with van der Waals surface area (Å²) in [5.41, 5.74) is 0. The van der Waals surface area contributed by atoms with Gasteiger partial charge in [0.25, 0.3) is 0 Å². The molecule has 1 atom stereocenters. The molecule has 3 heterocycles. The van der Waals surface area contributed by atoms with Gasteiger partial charge in [0.05, 0.1) is 16.9 Å². The Morgan fingerprint density at radius 3 is 2.53 bits per heavy atom. The fraction of sp³-hybridized carbons (Fsp3) is 0.529. The molecule has 1 saturated heterocycles. The quantitative estimate of drug-likeness (QED) is 0.588. The SMILES string of the molecule is CC(C(=O)Nc1ccnn1CC1CCNCC1)n1cc(Br)cn1.O=C(O)C(F)(F)F. The number of carboxylic acids is 1. The van der Waals surface area contributed by atoms with E-state index in [1.54, 1.807) is 23.3 Å². The second-order valence-electron chi connectivity index (χ2n) is 6.70. The first-order valence-electron chi connectivity index (χ1n) is 9.11. The van der Waals surface area contributed by atoms with E-state index >= 15 is 0 Å². The standard InChI is InChI=1S/C15H21BrN6O.C2HF3O2/c1-11(21-10-13(16)8-19-21)15(23)20-14-4-7-18-22(14)9-12-2-5-17-6-3-12;3-2(4,5)1(6)7/h4,7-8,10-12,17H,2-3,5-6,9H2,1H3,(H,20,23);(H,6,7). The normalized spacial score (nSPS) is 15.8. The topological polar surface area (TPSA) is 114 Å². The highest BCUT2D eigenvalue weighted by Gasteiger charge is 2.38. The zero-order chi connectivity index (χ0) is 22.3. The minimum Gasteiger partial charge on any atom is -0.475 e. The third kappa shape index (κ3) is 7.13. The van der Waals surface area contributed by atoms with E-state index in [9.17, 15) is 18.0 Å². The van der Waals surface area contributed by atoms with Crippen molar-refractivity contribution in [1.29, 1.82) is 0 Å². The van der Waals surface area contributed by atoms with Gasteiger partial charge in [-0.25, -0.2) is 9.48 Å². The van der Waals surface area contributed by atoms with Gasteiger partial charge in [-0.15, -0.1) is 0 Å². The van der Waals surface area contributed by atoms with E-state index in [1.807, 2.05) is 17.7 Å². The summed E-state index contributed by atoms with van der Waals surface area (Å²) in [6, 6.07) is 1.45. The average Bonchev–Trinajstić information content (AvgIpc) is 3.31. The number of alkyl halides is 3. The van der Waals surface area contributed by atoms with Crippen LogP contribution in [0.2, 0.25) is 0 Å². The maximum Gasteiger partial charge on any atom is 0.490 e. The first kappa shape index (κ1) is 23.9. The second kappa shape index (κ2) is 10.6. The fourth-order valence-electron chi connectivity index (χ4n) is 2.77. The van der Waals surface area contributed by atoms with Gasteiger partial charge in [0.15, 0.2) is 0 Å². The van der Waals surface area contributed by atoms with Gasteiger partial charge in [0.2, 0.25) is 5.91 Å². The summed E-state index contributed by atoms with van der Waals surface area (Å²) in [7, 11) is 0. The number of hydrogen-bond donors (Lipinski definition) is 3. The molecular weight excluding hydrogens is 473 g/mol. The van der Waals surface area contributed by atoms with Crippen LogP contribution in [0.5, 0.6) is 0 Å². The van der Waals surface area contributed by atoms with Crippen molar-refractivity contribution >= 4 is 33.6 Å². The van der Waals surface area contributed by atoms with Crippen LogP contribution in [-0.2, 0) is 16.1 Å². The molecule has 166 valence electrons. The molecule has 1 aliphatic rings. The van der Waals surface area contributed by atoms with E-state index in [1.165, 1.54) is 0 Å². The lowest BCUT2D eigenvalue weighted by Gasteiger charge is -2.23. The van der Waals surface area contributed by atoms with Gasteiger partial charge in [-0.1, -0.05) is 0 Å². The van der Waals surface area contributed by atoms with Crippen LogP contribution in [0.15, 0.2) is 29.1 Å². The van der Waals surface area contributed by atoms with Gasteiger partial charge in [0.1, 0.15) is 11.9 Å². The summed E-state index contributed by atoms with van der Waals surface area (Å²) in [5.74, 6) is -1.52. The zero-order valence-corrected chi connectivity index (χ0v) is 17.7. The van der Waals surface area contributed by atoms with Crippen molar-refractivity contribution in [3.05, 3.63) is 29.1 Å². The van der Waals surface area contributed by atoms with Crippen molar-refractivity contribution in [1.82, 2.24) is 24.9 Å². The number of aliphatic carboxylic acids is 1. The van der Waals surface area contributed by atoms with Crippen LogP contribution < -0.4 is 10.6 Å². The van der Waals surface area contributed by atoms with Gasteiger partial charge < -0.3 is 15.7 Å². The molecule has 3 rings (SSSR count). The molecule has 1 unspecified atom stereocenters. The van der Waals surface area contributed by atoms with Crippen LogP contribution in [0.25, 0.3) is 0 Å².